The third-order valence-electron chi connectivity index (χ3n) is 7.66. The first kappa shape index (κ1) is 29.6. The molecule has 1 saturated heterocycles. The Morgan fingerprint density at radius 1 is 1.07 bits per heavy atom. The number of methoxy groups -OCH3 is 1. The molecule has 1 aliphatic heterocycles. The smallest absolute Gasteiger partial charge is 0.320 e. The molecule has 0 atom stereocenters. The number of hydrogen-bond donors (Lipinski definition) is 1. The van der Waals surface area contributed by atoms with Gasteiger partial charge >= 0.3 is 6.03 Å². The third-order valence-corrected chi connectivity index (χ3v) is 7.95. The van der Waals surface area contributed by atoms with E-state index in [0.717, 1.165) is 57.2 Å². The largest absolute Gasteiger partial charge is 0.493 e. The molecule has 0 spiro atoms. The SMILES string of the molecule is C.COc1cc2ncnc(Nc3ccc(F)c(Cl)c3)c2cc1OC1CCC(N(C)C(=O)N2CCN(C)CC2)CC1. The standard InChI is InChI=1S/C28H34ClFN6O3.CH4/c1-34-10-12-36(13-11-34)28(37)35(2)19-5-7-20(8-6-19)39-26-15-21-24(16-25(26)38-3)31-17-32-27(21)33-18-4-9-23(30)22(29)14-18;/h4,9,14-17,19-20H,5-8,10-13H2,1-3H3,(H,31,32,33);1H4. The van der Waals surface area contributed by atoms with Crippen molar-refractivity contribution in [1.29, 1.82) is 0 Å². The molecule has 0 radical (unpaired) electrons. The molecule has 5 rings (SSSR count). The zero-order chi connectivity index (χ0) is 27.5. The second-order valence-corrected chi connectivity index (χ2v) is 10.6. The fraction of sp³-hybridized carbons (Fsp3) is 0.483. The lowest BCUT2D eigenvalue weighted by atomic mass is 9.92. The lowest BCUT2D eigenvalue weighted by Crippen LogP contribution is -2.53. The van der Waals surface area contributed by atoms with E-state index in [9.17, 15) is 9.18 Å². The normalized spacial score (nSPS) is 19.6. The first-order chi connectivity index (χ1) is 18.8. The summed E-state index contributed by atoms with van der Waals surface area (Å²) in [6.07, 6.45) is 4.86. The van der Waals surface area contributed by atoms with Gasteiger partial charge in [0.2, 0.25) is 0 Å². The monoisotopic (exact) mass is 572 g/mol. The lowest BCUT2D eigenvalue weighted by Gasteiger charge is -2.39. The quantitative estimate of drug-likeness (QED) is 0.400. The number of piperazine rings is 1. The van der Waals surface area contributed by atoms with Gasteiger partial charge in [-0.15, -0.1) is 0 Å². The molecule has 3 aromatic rings. The zero-order valence-electron chi connectivity index (χ0n) is 22.5. The number of aromatic nitrogens is 2. The number of fused-ring (bicyclic) bond motifs is 1. The van der Waals surface area contributed by atoms with Crippen molar-refractivity contribution in [2.45, 2.75) is 45.3 Å². The number of halogens is 2. The van der Waals surface area contributed by atoms with E-state index in [1.165, 1.54) is 18.5 Å². The Balaban J connectivity index is 0.00000370. The summed E-state index contributed by atoms with van der Waals surface area (Å²) < 4.78 is 25.7. The van der Waals surface area contributed by atoms with Crippen molar-refractivity contribution in [3.05, 3.63) is 47.5 Å². The molecule has 2 heterocycles. The number of amides is 2. The summed E-state index contributed by atoms with van der Waals surface area (Å²) in [7, 11) is 5.61. The van der Waals surface area contributed by atoms with Crippen LogP contribution in [0.4, 0.5) is 20.7 Å². The predicted octanol–water partition coefficient (Wildman–Crippen LogP) is 5.80. The summed E-state index contributed by atoms with van der Waals surface area (Å²) in [6, 6.07) is 8.42. The molecule has 216 valence electrons. The Bertz CT molecular complexity index is 1330. The number of urea groups is 1. The maximum atomic E-state index is 13.6. The lowest BCUT2D eigenvalue weighted by molar-refractivity contribution is 0.0845. The van der Waals surface area contributed by atoms with Gasteiger partial charge in [0.1, 0.15) is 18.0 Å². The Kier molecular flexibility index (Phi) is 9.52. The van der Waals surface area contributed by atoms with Crippen LogP contribution in [-0.2, 0) is 0 Å². The number of ether oxygens (including phenoxy) is 2. The Hall–Kier alpha value is -3.37. The zero-order valence-corrected chi connectivity index (χ0v) is 23.2. The van der Waals surface area contributed by atoms with Crippen LogP contribution in [0.5, 0.6) is 11.5 Å². The molecule has 0 bridgehead atoms. The van der Waals surface area contributed by atoms with E-state index in [4.69, 9.17) is 21.1 Å². The van der Waals surface area contributed by atoms with Gasteiger partial charge in [0.05, 0.1) is 23.8 Å². The second-order valence-electron chi connectivity index (χ2n) is 10.2. The van der Waals surface area contributed by atoms with Crippen LogP contribution in [0.3, 0.4) is 0 Å². The van der Waals surface area contributed by atoms with Gasteiger partial charge in [-0.1, -0.05) is 19.0 Å². The molecule has 1 aromatic heterocycles. The highest BCUT2D eigenvalue weighted by molar-refractivity contribution is 6.31. The summed E-state index contributed by atoms with van der Waals surface area (Å²) in [6.45, 7) is 3.37. The van der Waals surface area contributed by atoms with Crippen LogP contribution in [0.2, 0.25) is 5.02 Å². The summed E-state index contributed by atoms with van der Waals surface area (Å²) in [5.41, 5.74) is 1.28. The molecule has 0 unspecified atom stereocenters. The minimum absolute atomic E-state index is 0. The third kappa shape index (κ3) is 6.50. The topological polar surface area (TPSA) is 83.1 Å². The molecule has 1 N–H and O–H groups in total. The van der Waals surface area contributed by atoms with Crippen LogP contribution in [0.1, 0.15) is 33.1 Å². The number of benzene rings is 2. The van der Waals surface area contributed by atoms with Crippen molar-refractivity contribution in [1.82, 2.24) is 24.7 Å². The number of anilines is 2. The van der Waals surface area contributed by atoms with Crippen molar-refractivity contribution in [2.75, 3.05) is 52.7 Å². The Morgan fingerprint density at radius 2 is 1.80 bits per heavy atom. The van der Waals surface area contributed by atoms with Gasteiger partial charge in [-0.25, -0.2) is 19.2 Å². The number of hydrogen-bond acceptors (Lipinski definition) is 7. The number of carbonyl (C=O) groups excluding carboxylic acids is 1. The van der Waals surface area contributed by atoms with Gasteiger partial charge in [0.15, 0.2) is 11.5 Å². The molecule has 1 saturated carbocycles. The first-order valence-electron chi connectivity index (χ1n) is 13.2. The molecular formula is C29H38ClFN6O3. The molecule has 1 aliphatic carbocycles. The Morgan fingerprint density at radius 3 is 2.48 bits per heavy atom. The summed E-state index contributed by atoms with van der Waals surface area (Å²) >= 11 is 5.95. The van der Waals surface area contributed by atoms with Crippen molar-refractivity contribution >= 4 is 40.0 Å². The molecule has 9 nitrogen and oxygen atoms in total. The number of likely N-dealkylation sites (N-methyl/N-ethyl adjacent to an activating group) is 1. The summed E-state index contributed by atoms with van der Waals surface area (Å²) in [4.78, 5) is 27.9. The van der Waals surface area contributed by atoms with E-state index in [1.54, 1.807) is 13.2 Å². The van der Waals surface area contributed by atoms with E-state index in [2.05, 4.69) is 27.2 Å². The van der Waals surface area contributed by atoms with E-state index >= 15 is 0 Å². The van der Waals surface area contributed by atoms with Gasteiger partial charge in [-0.3, -0.25) is 0 Å². The molecule has 2 fully saturated rings. The maximum Gasteiger partial charge on any atom is 0.320 e. The molecular weight excluding hydrogens is 535 g/mol. The molecule has 11 heteroatoms. The van der Waals surface area contributed by atoms with Crippen molar-refractivity contribution < 1.29 is 18.7 Å². The first-order valence-corrected chi connectivity index (χ1v) is 13.6. The van der Waals surface area contributed by atoms with Crippen molar-refractivity contribution in [3.63, 3.8) is 0 Å². The van der Waals surface area contributed by atoms with Crippen LogP contribution in [0.15, 0.2) is 36.7 Å². The van der Waals surface area contributed by atoms with Gasteiger partial charge in [-0.05, 0) is 57.0 Å². The number of carbonyl (C=O) groups is 1. The van der Waals surface area contributed by atoms with Gasteiger partial charge in [0.25, 0.3) is 0 Å². The van der Waals surface area contributed by atoms with Crippen molar-refractivity contribution in [3.8, 4) is 11.5 Å². The average Bonchev–Trinajstić information content (AvgIpc) is 2.95. The van der Waals surface area contributed by atoms with Crippen LogP contribution < -0.4 is 14.8 Å². The summed E-state index contributed by atoms with van der Waals surface area (Å²) in [5.74, 6) is 1.24. The molecule has 2 aliphatic rings. The van der Waals surface area contributed by atoms with Crippen molar-refractivity contribution in [2.24, 2.45) is 0 Å². The predicted molar refractivity (Wildman–Crippen MR) is 156 cm³/mol. The highest BCUT2D eigenvalue weighted by Gasteiger charge is 2.31. The van der Waals surface area contributed by atoms with E-state index in [0.29, 0.717) is 28.5 Å². The second kappa shape index (κ2) is 12.9. The maximum absolute atomic E-state index is 13.6. The van der Waals surface area contributed by atoms with Crippen LogP contribution in [0.25, 0.3) is 10.9 Å². The molecule has 40 heavy (non-hydrogen) atoms. The fourth-order valence-electron chi connectivity index (χ4n) is 5.23. The van der Waals surface area contributed by atoms with E-state index < -0.39 is 5.82 Å². The molecule has 2 aromatic carbocycles. The average molecular weight is 573 g/mol. The number of nitrogens with one attached hydrogen (secondary N) is 1. The van der Waals surface area contributed by atoms with E-state index in [1.807, 2.05) is 29.0 Å². The fourth-order valence-corrected chi connectivity index (χ4v) is 5.41. The minimum Gasteiger partial charge on any atom is -0.493 e. The summed E-state index contributed by atoms with van der Waals surface area (Å²) in [5, 5.41) is 3.96. The van der Waals surface area contributed by atoms with Crippen LogP contribution in [-0.4, -0.2) is 90.2 Å². The Labute approximate surface area is 240 Å². The number of nitrogens with zero attached hydrogens (tertiary/aromatic N) is 5. The van der Waals surface area contributed by atoms with Gasteiger partial charge in [0, 0.05) is 56.4 Å². The van der Waals surface area contributed by atoms with Crippen LogP contribution in [0, 0.1) is 5.82 Å². The number of rotatable bonds is 6. The van der Waals surface area contributed by atoms with Gasteiger partial charge in [-0.2, -0.15) is 0 Å². The molecule has 2 amide bonds. The van der Waals surface area contributed by atoms with Gasteiger partial charge < -0.3 is 29.5 Å². The highest BCUT2D eigenvalue weighted by atomic mass is 35.5. The minimum atomic E-state index is -0.486. The van der Waals surface area contributed by atoms with Crippen LogP contribution >= 0.6 is 11.6 Å². The van der Waals surface area contributed by atoms with E-state index in [-0.39, 0.29) is 30.6 Å². The highest BCUT2D eigenvalue weighted by Crippen LogP contribution is 2.37.